The van der Waals surface area contributed by atoms with Gasteiger partial charge in [0.2, 0.25) is 0 Å². The Bertz CT molecular complexity index is 640. The van der Waals surface area contributed by atoms with Crippen molar-refractivity contribution < 1.29 is 9.59 Å². The molecule has 0 aliphatic rings. The number of carbonyl (C=O) groups excluding carboxylic acids is 2. The summed E-state index contributed by atoms with van der Waals surface area (Å²) in [6.07, 6.45) is 0. The molecule has 2 N–H and O–H groups in total. The summed E-state index contributed by atoms with van der Waals surface area (Å²) in [6, 6.07) is 13.5. The van der Waals surface area contributed by atoms with E-state index in [0.29, 0.717) is 15.7 Å². The molecule has 2 aromatic carbocycles. The molecule has 0 aliphatic heterocycles. The van der Waals surface area contributed by atoms with E-state index in [0.717, 1.165) is 5.56 Å². The second-order valence-corrected chi connectivity index (χ2v) is 5.14. The van der Waals surface area contributed by atoms with Crippen LogP contribution < -0.4 is 10.6 Å². The number of rotatable bonds is 3. The van der Waals surface area contributed by atoms with Crippen LogP contribution >= 0.6 is 23.2 Å². The van der Waals surface area contributed by atoms with Gasteiger partial charge in [-0.15, -0.1) is 0 Å². The zero-order valence-electron chi connectivity index (χ0n) is 10.9. The highest BCUT2D eigenvalue weighted by Gasteiger charge is 2.13. The molecule has 2 rings (SSSR count). The molecule has 0 radical (unpaired) electrons. The summed E-state index contributed by atoms with van der Waals surface area (Å²) in [5.74, 6) is -1.44. The monoisotopic (exact) mass is 322 g/mol. The highest BCUT2D eigenvalue weighted by Crippen LogP contribution is 2.13. The zero-order chi connectivity index (χ0) is 15.2. The topological polar surface area (TPSA) is 58.2 Å². The van der Waals surface area contributed by atoms with Crippen LogP contribution in [-0.4, -0.2) is 11.8 Å². The smallest absolute Gasteiger partial charge is 0.313 e. The molecule has 0 atom stereocenters. The van der Waals surface area contributed by atoms with Crippen LogP contribution in [0.1, 0.15) is 5.56 Å². The number of hydrogen-bond donors (Lipinski definition) is 2. The van der Waals surface area contributed by atoms with E-state index in [4.69, 9.17) is 23.2 Å². The lowest BCUT2D eigenvalue weighted by atomic mass is 10.2. The average molecular weight is 323 g/mol. The maximum absolute atomic E-state index is 11.7. The maximum atomic E-state index is 11.7. The minimum absolute atomic E-state index is 0.254. The molecule has 2 amide bonds. The van der Waals surface area contributed by atoms with E-state index in [9.17, 15) is 9.59 Å². The van der Waals surface area contributed by atoms with Gasteiger partial charge in [-0.1, -0.05) is 35.3 Å². The molecule has 0 saturated heterocycles. The molecule has 0 aliphatic carbocycles. The van der Waals surface area contributed by atoms with Gasteiger partial charge in [-0.05, 0) is 42.0 Å². The molecular weight excluding hydrogens is 311 g/mol. The Morgan fingerprint density at radius 1 is 0.810 bits per heavy atom. The second-order valence-electron chi connectivity index (χ2n) is 4.27. The van der Waals surface area contributed by atoms with Crippen LogP contribution in [0.3, 0.4) is 0 Å². The Kier molecular flexibility index (Phi) is 5.20. The van der Waals surface area contributed by atoms with Gasteiger partial charge in [-0.2, -0.15) is 0 Å². The standard InChI is InChI=1S/C15H12Cl2N2O2/c16-11-3-1-10(2-4-11)9-18-14(20)15(21)19-13-7-5-12(17)6-8-13/h1-8H,9H2,(H,18,20)(H,19,21). The molecular formula is C15H12Cl2N2O2. The highest BCUT2D eigenvalue weighted by atomic mass is 35.5. The van der Waals surface area contributed by atoms with Crippen LogP contribution in [0.5, 0.6) is 0 Å². The van der Waals surface area contributed by atoms with Gasteiger partial charge in [0.1, 0.15) is 0 Å². The third-order valence-corrected chi connectivity index (χ3v) is 3.18. The fourth-order valence-electron chi connectivity index (χ4n) is 1.59. The first-order chi connectivity index (χ1) is 10.0. The molecule has 0 fully saturated rings. The molecule has 0 spiro atoms. The van der Waals surface area contributed by atoms with Gasteiger partial charge in [0, 0.05) is 22.3 Å². The van der Waals surface area contributed by atoms with Crippen LogP contribution in [0.25, 0.3) is 0 Å². The van der Waals surface area contributed by atoms with Crippen molar-refractivity contribution in [2.45, 2.75) is 6.54 Å². The van der Waals surface area contributed by atoms with E-state index in [2.05, 4.69) is 10.6 Å². The summed E-state index contributed by atoms with van der Waals surface area (Å²) in [4.78, 5) is 23.4. The molecule has 0 heterocycles. The van der Waals surface area contributed by atoms with Crippen molar-refractivity contribution in [2.24, 2.45) is 0 Å². The average Bonchev–Trinajstić information content (AvgIpc) is 2.48. The number of halogens is 2. The quantitative estimate of drug-likeness (QED) is 0.852. The first-order valence-electron chi connectivity index (χ1n) is 6.14. The molecule has 0 bridgehead atoms. The second kappa shape index (κ2) is 7.11. The highest BCUT2D eigenvalue weighted by molar-refractivity contribution is 6.39. The lowest BCUT2D eigenvalue weighted by Gasteiger charge is -2.07. The van der Waals surface area contributed by atoms with Crippen LogP contribution in [-0.2, 0) is 16.1 Å². The van der Waals surface area contributed by atoms with Crippen molar-refractivity contribution in [3.05, 3.63) is 64.1 Å². The first-order valence-corrected chi connectivity index (χ1v) is 6.89. The van der Waals surface area contributed by atoms with Gasteiger partial charge in [0.05, 0.1) is 0 Å². The predicted molar refractivity (Wildman–Crippen MR) is 83.4 cm³/mol. The number of nitrogens with one attached hydrogen (secondary N) is 2. The van der Waals surface area contributed by atoms with Crippen molar-refractivity contribution in [3.63, 3.8) is 0 Å². The third-order valence-electron chi connectivity index (χ3n) is 2.67. The normalized spacial score (nSPS) is 10.0. The summed E-state index contributed by atoms with van der Waals surface area (Å²) in [7, 11) is 0. The third kappa shape index (κ3) is 4.77. The first kappa shape index (κ1) is 15.4. The van der Waals surface area contributed by atoms with Gasteiger partial charge in [-0.3, -0.25) is 9.59 Å². The SMILES string of the molecule is O=C(NCc1ccc(Cl)cc1)C(=O)Nc1ccc(Cl)cc1. The Balaban J connectivity index is 1.86. The van der Waals surface area contributed by atoms with Crippen LogP contribution in [0.15, 0.2) is 48.5 Å². The van der Waals surface area contributed by atoms with Crippen molar-refractivity contribution >= 4 is 40.7 Å². The summed E-state index contributed by atoms with van der Waals surface area (Å²) < 4.78 is 0. The summed E-state index contributed by atoms with van der Waals surface area (Å²) >= 11 is 11.5. The van der Waals surface area contributed by atoms with E-state index >= 15 is 0 Å². The minimum atomic E-state index is -0.730. The number of benzene rings is 2. The van der Waals surface area contributed by atoms with Gasteiger partial charge >= 0.3 is 11.8 Å². The van der Waals surface area contributed by atoms with Crippen LogP contribution in [0.4, 0.5) is 5.69 Å². The number of carbonyl (C=O) groups is 2. The van der Waals surface area contributed by atoms with Gasteiger partial charge in [-0.25, -0.2) is 0 Å². The Morgan fingerprint density at radius 2 is 1.33 bits per heavy atom. The fourth-order valence-corrected chi connectivity index (χ4v) is 1.84. The predicted octanol–water partition coefficient (Wildman–Crippen LogP) is 3.25. The largest absolute Gasteiger partial charge is 0.344 e. The lowest BCUT2D eigenvalue weighted by Crippen LogP contribution is -2.34. The fraction of sp³-hybridized carbons (Fsp3) is 0.0667. The summed E-state index contributed by atoms with van der Waals surface area (Å²) in [6.45, 7) is 0.254. The number of hydrogen-bond acceptors (Lipinski definition) is 2. The summed E-state index contributed by atoms with van der Waals surface area (Å²) in [5, 5.41) is 6.19. The van der Waals surface area contributed by atoms with Gasteiger partial charge < -0.3 is 10.6 Å². The minimum Gasteiger partial charge on any atom is -0.344 e. The van der Waals surface area contributed by atoms with Gasteiger partial charge in [0.25, 0.3) is 0 Å². The lowest BCUT2D eigenvalue weighted by molar-refractivity contribution is -0.136. The summed E-state index contributed by atoms with van der Waals surface area (Å²) in [5.41, 5.74) is 1.36. The van der Waals surface area contributed by atoms with E-state index in [1.54, 1.807) is 48.5 Å². The molecule has 6 heteroatoms. The van der Waals surface area contributed by atoms with E-state index in [1.807, 2.05) is 0 Å². The van der Waals surface area contributed by atoms with Crippen molar-refractivity contribution in [1.82, 2.24) is 5.32 Å². The van der Waals surface area contributed by atoms with E-state index in [-0.39, 0.29) is 6.54 Å². The van der Waals surface area contributed by atoms with Crippen molar-refractivity contribution in [1.29, 1.82) is 0 Å². The van der Waals surface area contributed by atoms with Gasteiger partial charge in [0.15, 0.2) is 0 Å². The molecule has 2 aromatic rings. The maximum Gasteiger partial charge on any atom is 0.313 e. The molecule has 108 valence electrons. The molecule has 0 unspecified atom stereocenters. The van der Waals surface area contributed by atoms with Crippen molar-refractivity contribution in [2.75, 3.05) is 5.32 Å². The molecule has 0 aromatic heterocycles. The zero-order valence-corrected chi connectivity index (χ0v) is 12.4. The van der Waals surface area contributed by atoms with Crippen molar-refractivity contribution in [3.8, 4) is 0 Å². The Morgan fingerprint density at radius 3 is 1.90 bits per heavy atom. The number of anilines is 1. The Hall–Kier alpha value is -2.04. The van der Waals surface area contributed by atoms with Crippen LogP contribution in [0, 0.1) is 0 Å². The molecule has 4 nitrogen and oxygen atoms in total. The Labute approximate surface area is 132 Å². The van der Waals surface area contributed by atoms with E-state index in [1.165, 1.54) is 0 Å². The molecule has 21 heavy (non-hydrogen) atoms. The molecule has 0 saturated carbocycles. The van der Waals surface area contributed by atoms with E-state index < -0.39 is 11.8 Å². The van der Waals surface area contributed by atoms with Crippen LogP contribution in [0.2, 0.25) is 10.0 Å². The number of amides is 2.